The number of rotatable bonds is 5. The van der Waals surface area contributed by atoms with E-state index < -0.39 is 0 Å². The summed E-state index contributed by atoms with van der Waals surface area (Å²) in [4.78, 5) is 12.2. The second-order valence-corrected chi connectivity index (χ2v) is 6.01. The van der Waals surface area contributed by atoms with Crippen molar-refractivity contribution < 1.29 is 4.79 Å². The van der Waals surface area contributed by atoms with Crippen LogP contribution < -0.4 is 11.1 Å². The smallest absolute Gasteiger partial charge is 0.222 e. The van der Waals surface area contributed by atoms with Crippen molar-refractivity contribution in [2.24, 2.45) is 5.73 Å². The van der Waals surface area contributed by atoms with Gasteiger partial charge in [-0.25, -0.2) is 0 Å². The van der Waals surface area contributed by atoms with Crippen LogP contribution in [0.25, 0.3) is 0 Å². The van der Waals surface area contributed by atoms with Crippen LogP contribution in [0.15, 0.2) is 48.5 Å². The molecule has 1 atom stereocenters. The fourth-order valence-electron chi connectivity index (χ4n) is 2.57. The standard InChI is InChI=1S/C19H24N2O.ClH/c1-13-6-4-8-16(10-13)19(21-18(22)12-15(3)20)17-9-5-7-14(2)11-17;/h4-11,15,19H,12,20H2,1-3H3,(H,21,22);1H. The van der Waals surface area contributed by atoms with Crippen molar-refractivity contribution in [1.29, 1.82) is 0 Å². The molecule has 0 aliphatic carbocycles. The molecule has 1 unspecified atom stereocenters. The molecule has 0 fully saturated rings. The number of carbonyl (C=O) groups is 1. The summed E-state index contributed by atoms with van der Waals surface area (Å²) in [7, 11) is 0. The number of nitrogens with two attached hydrogens (primary N) is 1. The third-order valence-electron chi connectivity index (χ3n) is 3.56. The maximum Gasteiger partial charge on any atom is 0.222 e. The van der Waals surface area contributed by atoms with Gasteiger partial charge in [-0.1, -0.05) is 59.7 Å². The quantitative estimate of drug-likeness (QED) is 0.877. The Morgan fingerprint density at radius 2 is 1.52 bits per heavy atom. The first-order valence-corrected chi connectivity index (χ1v) is 7.64. The summed E-state index contributed by atoms with van der Waals surface area (Å²) in [6, 6.07) is 16.2. The molecule has 0 heterocycles. The lowest BCUT2D eigenvalue weighted by atomic mass is 9.96. The first kappa shape index (κ1) is 19.2. The van der Waals surface area contributed by atoms with E-state index in [4.69, 9.17) is 5.73 Å². The van der Waals surface area contributed by atoms with Crippen LogP contribution in [0.4, 0.5) is 0 Å². The van der Waals surface area contributed by atoms with Gasteiger partial charge in [0.1, 0.15) is 0 Å². The van der Waals surface area contributed by atoms with E-state index in [0.717, 1.165) is 11.1 Å². The number of aryl methyl sites for hydroxylation is 2. The van der Waals surface area contributed by atoms with Gasteiger partial charge in [-0.2, -0.15) is 0 Å². The molecular formula is C19H25ClN2O. The molecule has 0 saturated heterocycles. The Morgan fingerprint density at radius 1 is 1.04 bits per heavy atom. The summed E-state index contributed by atoms with van der Waals surface area (Å²) in [5, 5.41) is 3.12. The van der Waals surface area contributed by atoms with Gasteiger partial charge >= 0.3 is 0 Å². The van der Waals surface area contributed by atoms with Gasteiger partial charge in [0.05, 0.1) is 6.04 Å². The normalized spacial score (nSPS) is 11.7. The van der Waals surface area contributed by atoms with Crippen LogP contribution in [0.5, 0.6) is 0 Å². The SMILES string of the molecule is Cc1cccc(C(NC(=O)CC(C)N)c2cccc(C)c2)c1.Cl. The molecule has 3 nitrogen and oxygen atoms in total. The van der Waals surface area contributed by atoms with Crippen molar-refractivity contribution in [3.63, 3.8) is 0 Å². The van der Waals surface area contributed by atoms with E-state index in [-0.39, 0.29) is 30.4 Å². The van der Waals surface area contributed by atoms with Crippen LogP contribution in [0.2, 0.25) is 0 Å². The second-order valence-electron chi connectivity index (χ2n) is 6.01. The van der Waals surface area contributed by atoms with Crippen molar-refractivity contribution in [2.45, 2.75) is 39.3 Å². The Balaban J connectivity index is 0.00000264. The molecule has 2 rings (SSSR count). The van der Waals surface area contributed by atoms with Crippen molar-refractivity contribution >= 4 is 18.3 Å². The number of halogens is 1. The average molecular weight is 333 g/mol. The predicted octanol–water partition coefficient (Wildman–Crippen LogP) is 3.67. The van der Waals surface area contributed by atoms with E-state index in [9.17, 15) is 4.79 Å². The second kappa shape index (κ2) is 8.70. The molecule has 23 heavy (non-hydrogen) atoms. The molecule has 4 heteroatoms. The van der Waals surface area contributed by atoms with Gasteiger partial charge in [-0.15, -0.1) is 12.4 Å². The van der Waals surface area contributed by atoms with Crippen LogP contribution in [0.1, 0.15) is 41.6 Å². The van der Waals surface area contributed by atoms with Crippen LogP contribution in [-0.2, 0) is 4.79 Å². The Bertz CT molecular complexity index is 610. The van der Waals surface area contributed by atoms with Gasteiger partial charge in [0.25, 0.3) is 0 Å². The minimum Gasteiger partial charge on any atom is -0.345 e. The largest absolute Gasteiger partial charge is 0.345 e. The van der Waals surface area contributed by atoms with Crippen molar-refractivity contribution in [3.05, 3.63) is 70.8 Å². The number of hydrogen-bond acceptors (Lipinski definition) is 2. The topological polar surface area (TPSA) is 55.1 Å². The van der Waals surface area contributed by atoms with E-state index in [2.05, 4.69) is 43.4 Å². The maximum atomic E-state index is 12.2. The first-order chi connectivity index (χ1) is 10.5. The van der Waals surface area contributed by atoms with Gasteiger partial charge in [-0.05, 0) is 31.9 Å². The summed E-state index contributed by atoms with van der Waals surface area (Å²) >= 11 is 0. The van der Waals surface area contributed by atoms with Crippen LogP contribution in [0, 0.1) is 13.8 Å². The number of nitrogens with one attached hydrogen (secondary N) is 1. The lowest BCUT2D eigenvalue weighted by Crippen LogP contribution is -2.33. The molecule has 0 radical (unpaired) electrons. The molecule has 0 bridgehead atoms. The minimum atomic E-state index is -0.147. The minimum absolute atomic E-state index is 0. The zero-order chi connectivity index (χ0) is 16.1. The molecule has 0 aliphatic rings. The van der Waals surface area contributed by atoms with E-state index >= 15 is 0 Å². The highest BCUT2D eigenvalue weighted by Gasteiger charge is 2.17. The molecule has 1 amide bonds. The Morgan fingerprint density at radius 3 is 1.91 bits per heavy atom. The van der Waals surface area contributed by atoms with Gasteiger partial charge in [0, 0.05) is 12.5 Å². The number of hydrogen-bond donors (Lipinski definition) is 2. The van der Waals surface area contributed by atoms with Crippen LogP contribution >= 0.6 is 12.4 Å². The summed E-state index contributed by atoms with van der Waals surface area (Å²) in [5.74, 6) is -0.0250. The zero-order valence-electron chi connectivity index (χ0n) is 13.9. The molecule has 2 aromatic rings. The van der Waals surface area contributed by atoms with E-state index in [0.29, 0.717) is 6.42 Å². The van der Waals surface area contributed by atoms with Gasteiger partial charge in [0.2, 0.25) is 5.91 Å². The van der Waals surface area contributed by atoms with E-state index in [1.165, 1.54) is 11.1 Å². The van der Waals surface area contributed by atoms with Crippen LogP contribution in [-0.4, -0.2) is 11.9 Å². The molecule has 2 aromatic carbocycles. The molecule has 3 N–H and O–H groups in total. The molecule has 124 valence electrons. The molecule has 0 aromatic heterocycles. The average Bonchev–Trinajstić information content (AvgIpc) is 2.44. The Labute approximate surface area is 144 Å². The molecule has 0 aliphatic heterocycles. The highest BCUT2D eigenvalue weighted by Crippen LogP contribution is 2.24. The predicted molar refractivity (Wildman–Crippen MR) is 97.9 cm³/mol. The Kier molecular flexibility index (Phi) is 7.27. The molecule has 0 spiro atoms. The van der Waals surface area contributed by atoms with Gasteiger partial charge < -0.3 is 11.1 Å². The summed E-state index contributed by atoms with van der Waals surface area (Å²) < 4.78 is 0. The number of carbonyl (C=O) groups excluding carboxylic acids is 1. The first-order valence-electron chi connectivity index (χ1n) is 7.64. The highest BCUT2D eigenvalue weighted by atomic mass is 35.5. The van der Waals surface area contributed by atoms with Crippen molar-refractivity contribution in [1.82, 2.24) is 5.32 Å². The summed E-state index contributed by atoms with van der Waals surface area (Å²) in [6.45, 7) is 5.95. The fraction of sp³-hybridized carbons (Fsp3) is 0.316. The van der Waals surface area contributed by atoms with Crippen molar-refractivity contribution in [3.8, 4) is 0 Å². The lowest BCUT2D eigenvalue weighted by molar-refractivity contribution is -0.121. The molecule has 0 saturated carbocycles. The van der Waals surface area contributed by atoms with E-state index in [1.807, 2.05) is 31.2 Å². The van der Waals surface area contributed by atoms with Crippen LogP contribution in [0.3, 0.4) is 0 Å². The maximum absolute atomic E-state index is 12.2. The van der Waals surface area contributed by atoms with Crippen molar-refractivity contribution in [2.75, 3.05) is 0 Å². The molecular weight excluding hydrogens is 308 g/mol. The third-order valence-corrected chi connectivity index (χ3v) is 3.56. The van der Waals surface area contributed by atoms with Gasteiger partial charge in [0.15, 0.2) is 0 Å². The lowest BCUT2D eigenvalue weighted by Gasteiger charge is -2.21. The fourth-order valence-corrected chi connectivity index (χ4v) is 2.57. The monoisotopic (exact) mass is 332 g/mol. The Hall–Kier alpha value is -1.84. The summed E-state index contributed by atoms with van der Waals surface area (Å²) in [5.41, 5.74) is 10.3. The number of benzene rings is 2. The summed E-state index contributed by atoms with van der Waals surface area (Å²) in [6.07, 6.45) is 0.328. The van der Waals surface area contributed by atoms with Gasteiger partial charge in [-0.3, -0.25) is 4.79 Å². The number of amides is 1. The highest BCUT2D eigenvalue weighted by molar-refractivity contribution is 5.85. The zero-order valence-corrected chi connectivity index (χ0v) is 14.7. The van der Waals surface area contributed by atoms with E-state index in [1.54, 1.807) is 0 Å². The third kappa shape index (κ3) is 5.70.